The van der Waals surface area contributed by atoms with E-state index in [2.05, 4.69) is 0 Å². The fourth-order valence-electron chi connectivity index (χ4n) is 2.86. The van der Waals surface area contributed by atoms with Gasteiger partial charge in [-0.05, 0) is 44.2 Å². The topological polar surface area (TPSA) is 62.6 Å². The Bertz CT molecular complexity index is 931. The number of esters is 1. The van der Waals surface area contributed by atoms with E-state index in [0.717, 1.165) is 16.6 Å². The highest BCUT2D eigenvalue weighted by molar-refractivity contribution is 5.83. The molecule has 6 nitrogen and oxygen atoms in total. The molecule has 0 amide bonds. The van der Waals surface area contributed by atoms with Crippen LogP contribution in [0.2, 0.25) is 0 Å². The zero-order valence-corrected chi connectivity index (χ0v) is 15.4. The van der Waals surface area contributed by atoms with Crippen molar-refractivity contribution >= 4 is 17.0 Å². The van der Waals surface area contributed by atoms with Crippen LogP contribution in [0.15, 0.2) is 42.5 Å². The van der Waals surface area contributed by atoms with Crippen LogP contribution in [0.5, 0.6) is 11.5 Å². The summed E-state index contributed by atoms with van der Waals surface area (Å²) >= 11 is 0. The lowest BCUT2D eigenvalue weighted by Crippen LogP contribution is -2.18. The lowest BCUT2D eigenvalue weighted by molar-refractivity contribution is -0.147. The first kappa shape index (κ1) is 17.8. The van der Waals surface area contributed by atoms with Crippen LogP contribution in [0.1, 0.15) is 13.8 Å². The van der Waals surface area contributed by atoms with Crippen molar-refractivity contribution in [2.24, 2.45) is 0 Å². The molecule has 1 heterocycles. The number of imidazole rings is 1. The molecule has 0 radical (unpaired) electrons. The SMILES string of the molecule is COc1ccc(-c2nc3ccccc3n2CC(=O)OC(C)C)cc1OC. The smallest absolute Gasteiger partial charge is 0.326 e. The highest BCUT2D eigenvalue weighted by Crippen LogP contribution is 2.33. The largest absolute Gasteiger partial charge is 0.493 e. The molecule has 0 fully saturated rings. The van der Waals surface area contributed by atoms with E-state index >= 15 is 0 Å². The summed E-state index contributed by atoms with van der Waals surface area (Å²) in [4.78, 5) is 17.0. The maximum atomic E-state index is 12.3. The summed E-state index contributed by atoms with van der Waals surface area (Å²) in [5, 5.41) is 0. The van der Waals surface area contributed by atoms with E-state index < -0.39 is 0 Å². The third kappa shape index (κ3) is 3.49. The number of carbonyl (C=O) groups is 1. The fraction of sp³-hybridized carbons (Fsp3) is 0.300. The van der Waals surface area contributed by atoms with Crippen LogP contribution in [0.4, 0.5) is 0 Å². The van der Waals surface area contributed by atoms with Gasteiger partial charge in [-0.15, -0.1) is 0 Å². The van der Waals surface area contributed by atoms with Gasteiger partial charge in [0.1, 0.15) is 12.4 Å². The molecule has 0 aliphatic carbocycles. The Hall–Kier alpha value is -3.02. The molecule has 3 rings (SSSR count). The molecule has 0 saturated heterocycles. The molecule has 0 N–H and O–H groups in total. The molecule has 1 aromatic heterocycles. The zero-order chi connectivity index (χ0) is 18.7. The molecule has 0 aliphatic rings. The molecule has 0 aliphatic heterocycles. The van der Waals surface area contributed by atoms with E-state index in [0.29, 0.717) is 17.3 Å². The molecule has 0 saturated carbocycles. The van der Waals surface area contributed by atoms with Gasteiger partial charge >= 0.3 is 5.97 Å². The Morgan fingerprint density at radius 1 is 1.08 bits per heavy atom. The van der Waals surface area contributed by atoms with Gasteiger partial charge in [0.05, 0.1) is 31.4 Å². The number of rotatable bonds is 6. The average Bonchev–Trinajstić information content (AvgIpc) is 2.99. The molecular formula is C20H22N2O4. The molecule has 0 spiro atoms. The van der Waals surface area contributed by atoms with E-state index in [-0.39, 0.29) is 18.6 Å². The average molecular weight is 354 g/mol. The minimum atomic E-state index is -0.301. The van der Waals surface area contributed by atoms with Gasteiger partial charge in [0.2, 0.25) is 0 Å². The lowest BCUT2D eigenvalue weighted by Gasteiger charge is -2.13. The second-order valence-corrected chi connectivity index (χ2v) is 6.12. The van der Waals surface area contributed by atoms with Crippen LogP contribution in [0, 0.1) is 0 Å². The second kappa shape index (κ2) is 7.47. The Labute approximate surface area is 152 Å². The first-order chi connectivity index (χ1) is 12.5. The number of aromatic nitrogens is 2. The van der Waals surface area contributed by atoms with E-state index in [1.807, 2.05) is 60.9 Å². The van der Waals surface area contributed by atoms with Crippen molar-refractivity contribution in [1.82, 2.24) is 9.55 Å². The van der Waals surface area contributed by atoms with Crippen molar-refractivity contribution in [2.75, 3.05) is 14.2 Å². The van der Waals surface area contributed by atoms with Gasteiger partial charge in [-0.25, -0.2) is 4.98 Å². The number of ether oxygens (including phenoxy) is 3. The second-order valence-electron chi connectivity index (χ2n) is 6.12. The number of hydrogen-bond acceptors (Lipinski definition) is 5. The van der Waals surface area contributed by atoms with E-state index in [9.17, 15) is 4.79 Å². The standard InChI is InChI=1S/C20H22N2O4/c1-13(2)26-19(23)12-22-16-8-6-5-7-15(16)21-20(22)14-9-10-17(24-3)18(11-14)25-4/h5-11,13H,12H2,1-4H3. The Morgan fingerprint density at radius 2 is 1.81 bits per heavy atom. The van der Waals surface area contributed by atoms with Crippen LogP contribution >= 0.6 is 0 Å². The zero-order valence-electron chi connectivity index (χ0n) is 15.4. The number of fused-ring (bicyclic) bond motifs is 1. The van der Waals surface area contributed by atoms with Crippen molar-refractivity contribution in [3.8, 4) is 22.9 Å². The van der Waals surface area contributed by atoms with Gasteiger partial charge in [0, 0.05) is 5.56 Å². The number of hydrogen-bond donors (Lipinski definition) is 0. The molecule has 0 bridgehead atoms. The predicted molar refractivity (Wildman–Crippen MR) is 99.5 cm³/mol. The van der Waals surface area contributed by atoms with Gasteiger partial charge in [0.15, 0.2) is 11.5 Å². The summed E-state index contributed by atoms with van der Waals surface area (Å²) in [6, 6.07) is 13.3. The van der Waals surface area contributed by atoms with Crippen molar-refractivity contribution in [3.05, 3.63) is 42.5 Å². The number of carbonyl (C=O) groups excluding carboxylic acids is 1. The molecule has 2 aromatic carbocycles. The summed E-state index contributed by atoms with van der Waals surface area (Å²) < 4.78 is 17.9. The third-order valence-electron chi connectivity index (χ3n) is 3.95. The van der Waals surface area contributed by atoms with Crippen LogP contribution < -0.4 is 9.47 Å². The molecule has 26 heavy (non-hydrogen) atoms. The highest BCUT2D eigenvalue weighted by Gasteiger charge is 2.18. The molecule has 3 aromatic rings. The van der Waals surface area contributed by atoms with Gasteiger partial charge < -0.3 is 18.8 Å². The summed E-state index contributed by atoms with van der Waals surface area (Å²) in [6.07, 6.45) is -0.165. The van der Waals surface area contributed by atoms with Gasteiger partial charge in [-0.2, -0.15) is 0 Å². The van der Waals surface area contributed by atoms with Crippen LogP contribution in [-0.4, -0.2) is 35.8 Å². The van der Waals surface area contributed by atoms with Gasteiger partial charge in [-0.1, -0.05) is 12.1 Å². The normalized spacial score (nSPS) is 11.0. The van der Waals surface area contributed by atoms with Gasteiger partial charge in [0.25, 0.3) is 0 Å². The summed E-state index contributed by atoms with van der Waals surface area (Å²) in [5.74, 6) is 1.62. The summed E-state index contributed by atoms with van der Waals surface area (Å²) in [7, 11) is 3.18. The maximum Gasteiger partial charge on any atom is 0.326 e. The highest BCUT2D eigenvalue weighted by atomic mass is 16.5. The Balaban J connectivity index is 2.10. The van der Waals surface area contributed by atoms with Crippen LogP contribution in [0.25, 0.3) is 22.4 Å². The molecule has 6 heteroatoms. The lowest BCUT2D eigenvalue weighted by atomic mass is 10.2. The molecule has 0 atom stereocenters. The van der Waals surface area contributed by atoms with Crippen LogP contribution in [0.3, 0.4) is 0 Å². The van der Waals surface area contributed by atoms with E-state index in [4.69, 9.17) is 19.2 Å². The summed E-state index contributed by atoms with van der Waals surface area (Å²) in [5.41, 5.74) is 2.52. The molecular weight excluding hydrogens is 332 g/mol. The minimum Gasteiger partial charge on any atom is -0.493 e. The van der Waals surface area contributed by atoms with Gasteiger partial charge in [-0.3, -0.25) is 4.79 Å². The molecule has 0 unspecified atom stereocenters. The monoisotopic (exact) mass is 354 g/mol. The van der Waals surface area contributed by atoms with Crippen molar-refractivity contribution in [1.29, 1.82) is 0 Å². The Morgan fingerprint density at radius 3 is 2.50 bits per heavy atom. The fourth-order valence-corrected chi connectivity index (χ4v) is 2.86. The quantitative estimate of drug-likeness (QED) is 0.632. The first-order valence-electron chi connectivity index (χ1n) is 8.40. The van der Waals surface area contributed by atoms with E-state index in [1.165, 1.54) is 0 Å². The molecule has 136 valence electrons. The number of nitrogens with zero attached hydrogens (tertiary/aromatic N) is 2. The van der Waals surface area contributed by atoms with Crippen molar-refractivity contribution in [2.45, 2.75) is 26.5 Å². The number of para-hydroxylation sites is 2. The third-order valence-corrected chi connectivity index (χ3v) is 3.95. The maximum absolute atomic E-state index is 12.3. The Kier molecular flexibility index (Phi) is 5.11. The van der Waals surface area contributed by atoms with Crippen molar-refractivity contribution in [3.63, 3.8) is 0 Å². The van der Waals surface area contributed by atoms with Crippen LogP contribution in [-0.2, 0) is 16.1 Å². The first-order valence-corrected chi connectivity index (χ1v) is 8.40. The predicted octanol–water partition coefficient (Wildman–Crippen LogP) is 3.67. The number of methoxy groups -OCH3 is 2. The van der Waals surface area contributed by atoms with E-state index in [1.54, 1.807) is 14.2 Å². The summed E-state index contributed by atoms with van der Waals surface area (Å²) in [6.45, 7) is 3.75. The minimum absolute atomic E-state index is 0.0857. The number of benzene rings is 2. The van der Waals surface area contributed by atoms with Crippen molar-refractivity contribution < 1.29 is 19.0 Å².